The van der Waals surface area contributed by atoms with Crippen LogP contribution >= 0.6 is 0 Å². The van der Waals surface area contributed by atoms with Crippen LogP contribution in [0.1, 0.15) is 64.7 Å². The van der Waals surface area contributed by atoms with E-state index in [1.807, 2.05) is 18.2 Å². The molecule has 0 spiro atoms. The summed E-state index contributed by atoms with van der Waals surface area (Å²) in [5, 5.41) is 0. The van der Waals surface area contributed by atoms with Crippen molar-refractivity contribution in [2.75, 3.05) is 0 Å². The fourth-order valence-corrected chi connectivity index (χ4v) is 5.85. The van der Waals surface area contributed by atoms with Crippen LogP contribution in [0.15, 0.2) is 30.3 Å². The Kier molecular flexibility index (Phi) is 10.9. The second-order valence-corrected chi connectivity index (χ2v) is 10.8. The fraction of sp³-hybridized carbons (Fsp3) is 0.588. The van der Waals surface area contributed by atoms with Crippen molar-refractivity contribution in [3.05, 3.63) is 30.3 Å². The van der Waals surface area contributed by atoms with Gasteiger partial charge in [-0.2, -0.15) is 0 Å². The van der Waals surface area contributed by atoms with Crippen molar-refractivity contribution >= 4 is 9.04 Å². The third-order valence-electron chi connectivity index (χ3n) is 3.48. The molecule has 0 amide bonds. The Hall–Kier alpha value is -0.375. The van der Waals surface area contributed by atoms with Crippen molar-refractivity contribution < 1.29 is 32.5 Å². The van der Waals surface area contributed by atoms with E-state index in [-0.39, 0.29) is 5.97 Å². The first kappa shape index (κ1) is 17.7. The molecular formula is C17H26HgO2. The first-order valence-corrected chi connectivity index (χ1v) is 13.0. The Balaban J connectivity index is 1.93. The number of carbonyl (C=O) groups is 1. The first-order chi connectivity index (χ1) is 9.83. The summed E-state index contributed by atoms with van der Waals surface area (Å²) in [4.78, 5) is 11.6. The summed E-state index contributed by atoms with van der Waals surface area (Å²) < 4.78 is 6.75. The van der Waals surface area contributed by atoms with Crippen LogP contribution in [-0.2, 0) is 32.5 Å². The number of rotatable bonds is 11. The molecule has 0 radical (unpaired) electrons. The Morgan fingerprint density at radius 3 is 2.20 bits per heavy atom. The van der Waals surface area contributed by atoms with E-state index < -0.39 is 25.0 Å². The SMILES string of the molecule is CCCCCCCCCCC(=O)[O][Hg][c]1ccccc1. The molecule has 0 atom stereocenters. The zero-order valence-electron chi connectivity index (χ0n) is 12.8. The Labute approximate surface area is 136 Å². The minimum atomic E-state index is -1.62. The molecule has 0 heterocycles. The van der Waals surface area contributed by atoms with Gasteiger partial charge in [0.1, 0.15) is 0 Å². The second kappa shape index (κ2) is 12.4. The topological polar surface area (TPSA) is 26.3 Å². The van der Waals surface area contributed by atoms with Crippen LogP contribution in [-0.4, -0.2) is 5.97 Å². The Bertz CT molecular complexity index is 351. The normalized spacial score (nSPS) is 10.1. The van der Waals surface area contributed by atoms with E-state index in [0.29, 0.717) is 6.42 Å². The summed E-state index contributed by atoms with van der Waals surface area (Å²) in [6, 6.07) is 10.2. The second-order valence-electron chi connectivity index (χ2n) is 5.37. The number of carbonyl (C=O) groups excluding carboxylic acids is 1. The van der Waals surface area contributed by atoms with Crippen LogP contribution in [0.5, 0.6) is 0 Å². The summed E-state index contributed by atoms with van der Waals surface area (Å²) >= 11 is -1.62. The van der Waals surface area contributed by atoms with Gasteiger partial charge in [0.2, 0.25) is 0 Å². The van der Waals surface area contributed by atoms with Crippen LogP contribution in [0.4, 0.5) is 0 Å². The van der Waals surface area contributed by atoms with Gasteiger partial charge in [0.25, 0.3) is 0 Å². The van der Waals surface area contributed by atoms with Gasteiger partial charge in [-0.3, -0.25) is 0 Å². The third-order valence-corrected chi connectivity index (χ3v) is 8.42. The monoisotopic (exact) mass is 464 g/mol. The summed E-state index contributed by atoms with van der Waals surface area (Å²) in [5.74, 6) is 0.0292. The maximum atomic E-state index is 11.6. The number of unbranched alkanes of at least 4 members (excludes halogenated alkanes) is 7. The van der Waals surface area contributed by atoms with Crippen LogP contribution in [0.3, 0.4) is 0 Å². The van der Waals surface area contributed by atoms with Gasteiger partial charge in [-0.15, -0.1) is 0 Å². The van der Waals surface area contributed by atoms with E-state index in [1.54, 1.807) is 0 Å². The van der Waals surface area contributed by atoms with E-state index in [1.165, 1.54) is 48.0 Å². The molecule has 0 aliphatic rings. The molecule has 0 N–H and O–H groups in total. The van der Waals surface area contributed by atoms with Gasteiger partial charge < -0.3 is 0 Å². The van der Waals surface area contributed by atoms with Gasteiger partial charge >= 0.3 is 137 Å². The van der Waals surface area contributed by atoms with Crippen LogP contribution < -0.4 is 3.07 Å². The molecule has 2 nitrogen and oxygen atoms in total. The molecule has 1 rings (SSSR count). The quantitative estimate of drug-likeness (QED) is 0.360. The van der Waals surface area contributed by atoms with Crippen molar-refractivity contribution in [2.45, 2.75) is 64.7 Å². The van der Waals surface area contributed by atoms with Crippen LogP contribution in [0.25, 0.3) is 0 Å². The van der Waals surface area contributed by atoms with Gasteiger partial charge in [-0.05, 0) is 0 Å². The van der Waals surface area contributed by atoms with Crippen molar-refractivity contribution in [1.82, 2.24) is 0 Å². The summed E-state index contributed by atoms with van der Waals surface area (Å²) in [6.45, 7) is 2.24. The van der Waals surface area contributed by atoms with Gasteiger partial charge in [-0.25, -0.2) is 0 Å². The van der Waals surface area contributed by atoms with Crippen LogP contribution in [0, 0.1) is 0 Å². The number of hydrogen-bond acceptors (Lipinski definition) is 2. The number of hydrogen-bond donors (Lipinski definition) is 0. The molecule has 0 bridgehead atoms. The van der Waals surface area contributed by atoms with Gasteiger partial charge in [0.15, 0.2) is 0 Å². The van der Waals surface area contributed by atoms with Gasteiger partial charge in [0, 0.05) is 0 Å². The van der Waals surface area contributed by atoms with Crippen LogP contribution in [0.2, 0.25) is 0 Å². The zero-order chi connectivity index (χ0) is 14.5. The fourth-order valence-electron chi connectivity index (χ4n) is 2.21. The molecular weight excluding hydrogens is 437 g/mol. The summed E-state index contributed by atoms with van der Waals surface area (Å²) in [7, 11) is 0. The molecule has 0 fully saturated rings. The van der Waals surface area contributed by atoms with Crippen molar-refractivity contribution in [2.24, 2.45) is 0 Å². The molecule has 0 saturated heterocycles. The first-order valence-electron chi connectivity index (χ1n) is 8.02. The summed E-state index contributed by atoms with van der Waals surface area (Å²) in [6.07, 6.45) is 10.7. The molecule has 108 valence electrons. The molecule has 20 heavy (non-hydrogen) atoms. The number of benzene rings is 1. The van der Waals surface area contributed by atoms with E-state index >= 15 is 0 Å². The van der Waals surface area contributed by atoms with Crippen molar-refractivity contribution in [1.29, 1.82) is 0 Å². The molecule has 0 saturated carbocycles. The predicted octanol–water partition coefficient (Wildman–Crippen LogP) is 4.38. The molecule has 0 aromatic heterocycles. The molecule has 1 aromatic rings. The van der Waals surface area contributed by atoms with E-state index in [4.69, 9.17) is 2.64 Å². The Morgan fingerprint density at radius 2 is 1.55 bits per heavy atom. The predicted molar refractivity (Wildman–Crippen MR) is 79.4 cm³/mol. The van der Waals surface area contributed by atoms with Crippen molar-refractivity contribution in [3.63, 3.8) is 0 Å². The zero-order valence-corrected chi connectivity index (χ0v) is 18.3. The maximum absolute atomic E-state index is 11.6. The standard InChI is InChI=1S/C11H22O2.C6H5.Hg/c1-2-3-4-5-6-7-8-9-10-11(12)13;1-2-4-6-5-3-1;/h2-10H2,1H3,(H,12,13);1-5H;/q;;+1/p-1. The average molecular weight is 463 g/mol. The van der Waals surface area contributed by atoms with Gasteiger partial charge in [0.05, 0.1) is 0 Å². The van der Waals surface area contributed by atoms with E-state index in [9.17, 15) is 4.79 Å². The summed E-state index contributed by atoms with van der Waals surface area (Å²) in [5.41, 5.74) is 0. The third kappa shape index (κ3) is 9.52. The minimum absolute atomic E-state index is 0.0292. The molecule has 0 aliphatic heterocycles. The molecule has 0 aliphatic carbocycles. The Morgan fingerprint density at radius 1 is 0.950 bits per heavy atom. The molecule has 1 aromatic carbocycles. The van der Waals surface area contributed by atoms with E-state index in [0.717, 1.165) is 6.42 Å². The molecule has 3 heteroatoms. The molecule has 0 unspecified atom stereocenters. The average Bonchev–Trinajstić information content (AvgIpc) is 2.49. The van der Waals surface area contributed by atoms with Crippen molar-refractivity contribution in [3.8, 4) is 0 Å². The van der Waals surface area contributed by atoms with Gasteiger partial charge in [-0.1, -0.05) is 0 Å². The van der Waals surface area contributed by atoms with E-state index in [2.05, 4.69) is 19.1 Å².